The van der Waals surface area contributed by atoms with Gasteiger partial charge in [-0.25, -0.2) is 4.68 Å². The van der Waals surface area contributed by atoms with Gasteiger partial charge in [-0.3, -0.25) is 0 Å². The van der Waals surface area contributed by atoms with Crippen LogP contribution >= 0.6 is 11.6 Å². The van der Waals surface area contributed by atoms with E-state index in [0.717, 1.165) is 0 Å². The van der Waals surface area contributed by atoms with Crippen molar-refractivity contribution in [2.24, 2.45) is 0 Å². The average Bonchev–Trinajstić information content (AvgIpc) is 2.62. The molecule has 0 bridgehead atoms. The predicted molar refractivity (Wildman–Crippen MR) is 50.2 cm³/mol. The fourth-order valence-corrected chi connectivity index (χ4v) is 1.27. The molecule has 0 aliphatic rings. The normalized spacial score (nSPS) is 10.2. The van der Waals surface area contributed by atoms with Crippen molar-refractivity contribution in [3.05, 3.63) is 41.7 Å². The van der Waals surface area contributed by atoms with Crippen LogP contribution in [0.15, 0.2) is 36.7 Å². The molecule has 0 amide bonds. The second kappa shape index (κ2) is 3.11. The molecule has 1 heterocycles. The van der Waals surface area contributed by atoms with Crippen LogP contribution in [0.5, 0.6) is 5.75 Å². The monoisotopic (exact) mass is 194 g/mol. The van der Waals surface area contributed by atoms with Crippen LogP contribution in [0.2, 0.25) is 5.02 Å². The number of nitrogens with zero attached hydrogens (tertiary/aromatic N) is 2. The Balaban J connectivity index is 2.59. The molecule has 2 rings (SSSR count). The highest BCUT2D eigenvalue weighted by atomic mass is 35.5. The minimum absolute atomic E-state index is 0.0490. The van der Waals surface area contributed by atoms with Crippen molar-refractivity contribution in [1.29, 1.82) is 0 Å². The molecule has 0 radical (unpaired) electrons. The lowest BCUT2D eigenvalue weighted by Crippen LogP contribution is -1.94. The van der Waals surface area contributed by atoms with E-state index < -0.39 is 0 Å². The third-order valence-electron chi connectivity index (χ3n) is 1.72. The van der Waals surface area contributed by atoms with Crippen molar-refractivity contribution in [3.63, 3.8) is 0 Å². The first-order valence-electron chi connectivity index (χ1n) is 3.76. The number of aromatic nitrogens is 2. The van der Waals surface area contributed by atoms with Gasteiger partial charge in [0.1, 0.15) is 5.69 Å². The van der Waals surface area contributed by atoms with Crippen molar-refractivity contribution in [3.8, 4) is 11.4 Å². The van der Waals surface area contributed by atoms with Gasteiger partial charge < -0.3 is 5.11 Å². The Bertz CT molecular complexity index is 412. The smallest absolute Gasteiger partial charge is 0.159 e. The molecule has 0 aliphatic heterocycles. The van der Waals surface area contributed by atoms with Gasteiger partial charge in [-0.05, 0) is 18.2 Å². The van der Waals surface area contributed by atoms with Crippen molar-refractivity contribution in [2.75, 3.05) is 0 Å². The van der Waals surface area contributed by atoms with Gasteiger partial charge in [-0.1, -0.05) is 17.7 Å². The summed E-state index contributed by atoms with van der Waals surface area (Å²) >= 11 is 5.74. The van der Waals surface area contributed by atoms with Crippen LogP contribution in [0.1, 0.15) is 0 Å². The summed E-state index contributed by atoms with van der Waals surface area (Å²) in [5, 5.41) is 13.9. The molecule has 4 heteroatoms. The highest BCUT2D eigenvalue weighted by Crippen LogP contribution is 2.29. The van der Waals surface area contributed by atoms with Gasteiger partial charge in [0.25, 0.3) is 0 Å². The second-order valence-corrected chi connectivity index (χ2v) is 2.97. The number of para-hydroxylation sites is 1. The number of rotatable bonds is 1. The zero-order valence-corrected chi connectivity index (χ0v) is 7.44. The van der Waals surface area contributed by atoms with Crippen LogP contribution in [0.4, 0.5) is 0 Å². The van der Waals surface area contributed by atoms with Crippen LogP contribution in [-0.4, -0.2) is 14.9 Å². The first-order valence-corrected chi connectivity index (χ1v) is 4.14. The largest absolute Gasteiger partial charge is 0.504 e. The summed E-state index contributed by atoms with van der Waals surface area (Å²) in [6.07, 6.45) is 3.38. The molecule has 0 aliphatic carbocycles. The van der Waals surface area contributed by atoms with Gasteiger partial charge in [0.05, 0.1) is 5.02 Å². The van der Waals surface area contributed by atoms with Crippen LogP contribution < -0.4 is 0 Å². The summed E-state index contributed by atoms with van der Waals surface area (Å²) in [5.41, 5.74) is 0.581. The summed E-state index contributed by atoms with van der Waals surface area (Å²) < 4.78 is 1.56. The molecule has 0 spiro atoms. The molecule has 1 aromatic heterocycles. The fraction of sp³-hybridized carbons (Fsp3) is 0. The van der Waals surface area contributed by atoms with Gasteiger partial charge in [-0.15, -0.1) is 0 Å². The minimum Gasteiger partial charge on any atom is -0.504 e. The van der Waals surface area contributed by atoms with Crippen LogP contribution in [0.3, 0.4) is 0 Å². The number of aromatic hydroxyl groups is 1. The first-order chi connectivity index (χ1) is 6.29. The molecule has 0 fully saturated rings. The molecule has 0 atom stereocenters. The van der Waals surface area contributed by atoms with Gasteiger partial charge in [0, 0.05) is 12.4 Å². The number of halogens is 1. The Morgan fingerprint density at radius 3 is 2.85 bits per heavy atom. The highest BCUT2D eigenvalue weighted by molar-refractivity contribution is 6.32. The molecule has 2 aromatic rings. The summed E-state index contributed by atoms with van der Waals surface area (Å²) in [7, 11) is 0. The Hall–Kier alpha value is -1.48. The molecular weight excluding hydrogens is 188 g/mol. The van der Waals surface area contributed by atoms with Crippen molar-refractivity contribution < 1.29 is 5.11 Å². The number of benzene rings is 1. The quantitative estimate of drug-likeness (QED) is 0.756. The molecule has 3 nitrogen and oxygen atoms in total. The number of hydrogen-bond acceptors (Lipinski definition) is 2. The third-order valence-corrected chi connectivity index (χ3v) is 2.02. The van der Waals surface area contributed by atoms with E-state index in [9.17, 15) is 5.11 Å². The molecule has 0 saturated carbocycles. The summed E-state index contributed by atoms with van der Waals surface area (Å²) in [6, 6.07) is 6.91. The molecule has 66 valence electrons. The highest BCUT2D eigenvalue weighted by Gasteiger charge is 2.05. The maximum Gasteiger partial charge on any atom is 0.159 e. The summed E-state index contributed by atoms with van der Waals surface area (Å²) in [4.78, 5) is 0. The van der Waals surface area contributed by atoms with Gasteiger partial charge in [-0.2, -0.15) is 5.10 Å². The first kappa shape index (κ1) is 8.13. The topological polar surface area (TPSA) is 38.0 Å². The Morgan fingerprint density at radius 1 is 1.31 bits per heavy atom. The Kier molecular flexibility index (Phi) is 1.94. The van der Waals surface area contributed by atoms with E-state index in [1.54, 1.807) is 41.3 Å². The number of phenolic OH excluding ortho intramolecular Hbond substituents is 1. The van der Waals surface area contributed by atoms with Crippen molar-refractivity contribution in [1.82, 2.24) is 9.78 Å². The zero-order chi connectivity index (χ0) is 9.26. The van der Waals surface area contributed by atoms with E-state index in [1.807, 2.05) is 0 Å². The van der Waals surface area contributed by atoms with Crippen molar-refractivity contribution in [2.45, 2.75) is 0 Å². The lowest BCUT2D eigenvalue weighted by Gasteiger charge is -2.04. The van der Waals surface area contributed by atoms with E-state index in [2.05, 4.69) is 5.10 Å². The van der Waals surface area contributed by atoms with Crippen LogP contribution in [0.25, 0.3) is 5.69 Å². The van der Waals surface area contributed by atoms with E-state index in [-0.39, 0.29) is 5.75 Å². The molecular formula is C9H7ClN2O. The van der Waals surface area contributed by atoms with E-state index in [4.69, 9.17) is 11.6 Å². The summed E-state index contributed by atoms with van der Waals surface area (Å²) in [6.45, 7) is 0. The van der Waals surface area contributed by atoms with Crippen LogP contribution in [0, 0.1) is 0 Å². The van der Waals surface area contributed by atoms with E-state index in [1.165, 1.54) is 0 Å². The Morgan fingerprint density at radius 2 is 2.15 bits per heavy atom. The molecule has 1 N–H and O–H groups in total. The number of phenols is 1. The fourth-order valence-electron chi connectivity index (χ4n) is 1.10. The lowest BCUT2D eigenvalue weighted by atomic mass is 10.3. The molecule has 0 saturated heterocycles. The molecule has 0 unspecified atom stereocenters. The third kappa shape index (κ3) is 1.38. The van der Waals surface area contributed by atoms with Crippen LogP contribution in [-0.2, 0) is 0 Å². The van der Waals surface area contributed by atoms with E-state index in [0.29, 0.717) is 10.7 Å². The Labute approximate surface area is 80.2 Å². The minimum atomic E-state index is 0.0490. The van der Waals surface area contributed by atoms with E-state index >= 15 is 0 Å². The zero-order valence-electron chi connectivity index (χ0n) is 6.68. The standard InChI is InChI=1S/C9H7ClN2O/c10-7-3-1-4-8(9(7)13)12-6-2-5-11-12/h1-6,13H. The molecule has 13 heavy (non-hydrogen) atoms. The average molecular weight is 195 g/mol. The molecule has 1 aromatic carbocycles. The van der Waals surface area contributed by atoms with Gasteiger partial charge >= 0.3 is 0 Å². The predicted octanol–water partition coefficient (Wildman–Crippen LogP) is 2.23. The maximum absolute atomic E-state index is 9.58. The second-order valence-electron chi connectivity index (χ2n) is 2.56. The SMILES string of the molecule is Oc1c(Cl)cccc1-n1cccn1. The summed E-state index contributed by atoms with van der Waals surface area (Å²) in [5.74, 6) is 0.0490. The lowest BCUT2D eigenvalue weighted by molar-refractivity contribution is 0.470. The van der Waals surface area contributed by atoms with Gasteiger partial charge in [0.15, 0.2) is 5.75 Å². The number of hydrogen-bond donors (Lipinski definition) is 1. The maximum atomic E-state index is 9.58. The van der Waals surface area contributed by atoms with Crippen molar-refractivity contribution >= 4 is 11.6 Å². The van der Waals surface area contributed by atoms with Gasteiger partial charge in [0.2, 0.25) is 0 Å².